The number of carbonyl (C=O) groups excluding carboxylic acids is 1. The lowest BCUT2D eigenvalue weighted by Crippen LogP contribution is -2.57. The van der Waals surface area contributed by atoms with Crippen LogP contribution in [0.3, 0.4) is 0 Å². The van der Waals surface area contributed by atoms with E-state index >= 15 is 0 Å². The van der Waals surface area contributed by atoms with Crippen molar-refractivity contribution in [1.82, 2.24) is 15.2 Å². The maximum Gasteiger partial charge on any atom is 0.251 e. The fourth-order valence-electron chi connectivity index (χ4n) is 3.74. The zero-order chi connectivity index (χ0) is 17.9. The van der Waals surface area contributed by atoms with Crippen LogP contribution in [0, 0.1) is 5.92 Å². The number of amides is 1. The average molecular weight is 353 g/mol. The number of nitrogens with zero attached hydrogens (tertiary/aromatic N) is 2. The van der Waals surface area contributed by atoms with E-state index in [0.717, 1.165) is 6.54 Å². The average Bonchev–Trinajstić information content (AvgIpc) is 2.69. The smallest absolute Gasteiger partial charge is 0.251 e. The van der Waals surface area contributed by atoms with Crippen molar-refractivity contribution in [2.75, 3.05) is 26.7 Å². The van der Waals surface area contributed by atoms with Crippen LogP contribution >= 0.6 is 0 Å². The summed E-state index contributed by atoms with van der Waals surface area (Å²) >= 11 is 0. The first-order valence-corrected chi connectivity index (χ1v) is 9.03. The molecule has 5 rings (SSSR count). The second kappa shape index (κ2) is 7.33. The summed E-state index contributed by atoms with van der Waals surface area (Å²) < 4.78 is 10.8. The summed E-state index contributed by atoms with van der Waals surface area (Å²) in [6.45, 7) is 3.31. The second-order valence-corrected chi connectivity index (χ2v) is 6.86. The van der Waals surface area contributed by atoms with Crippen molar-refractivity contribution in [1.29, 1.82) is 0 Å². The molecule has 0 unspecified atom stereocenters. The van der Waals surface area contributed by atoms with E-state index in [1.165, 1.54) is 25.9 Å². The Hall–Kier alpha value is -2.60. The zero-order valence-electron chi connectivity index (χ0n) is 14.9. The predicted molar refractivity (Wildman–Crippen MR) is 97.7 cm³/mol. The fourth-order valence-corrected chi connectivity index (χ4v) is 3.74. The molecule has 1 amide bonds. The van der Waals surface area contributed by atoms with Gasteiger partial charge in [-0.15, -0.1) is 0 Å². The summed E-state index contributed by atoms with van der Waals surface area (Å²) in [7, 11) is 1.56. The molecule has 2 bridgehead atoms. The summed E-state index contributed by atoms with van der Waals surface area (Å²) in [5.41, 5.74) is 0.646. The van der Waals surface area contributed by atoms with Crippen LogP contribution in [0.5, 0.6) is 17.5 Å². The molecule has 0 aliphatic carbocycles. The van der Waals surface area contributed by atoms with Crippen molar-refractivity contribution in [3.05, 3.63) is 48.0 Å². The number of fused-ring (bicyclic) bond motifs is 3. The van der Waals surface area contributed by atoms with E-state index in [0.29, 0.717) is 29.0 Å². The Balaban J connectivity index is 1.38. The number of aromatic nitrogens is 1. The van der Waals surface area contributed by atoms with E-state index in [-0.39, 0.29) is 11.9 Å². The molecule has 1 atom stereocenters. The van der Waals surface area contributed by atoms with Gasteiger partial charge in [0.05, 0.1) is 7.11 Å². The Morgan fingerprint density at radius 1 is 1.12 bits per heavy atom. The molecule has 3 aliphatic heterocycles. The molecule has 3 saturated heterocycles. The molecule has 0 spiro atoms. The minimum absolute atomic E-state index is 0.0187. The number of piperidine rings is 3. The summed E-state index contributed by atoms with van der Waals surface area (Å²) in [6, 6.07) is 12.7. The minimum Gasteiger partial charge on any atom is -0.481 e. The Kier molecular flexibility index (Phi) is 4.75. The van der Waals surface area contributed by atoms with Crippen LogP contribution in [0.1, 0.15) is 23.2 Å². The largest absolute Gasteiger partial charge is 0.481 e. The maximum absolute atomic E-state index is 12.5. The zero-order valence-corrected chi connectivity index (χ0v) is 14.9. The third-order valence-electron chi connectivity index (χ3n) is 5.22. The molecule has 0 radical (unpaired) electrons. The van der Waals surface area contributed by atoms with Gasteiger partial charge in [0.15, 0.2) is 0 Å². The van der Waals surface area contributed by atoms with Gasteiger partial charge < -0.3 is 19.7 Å². The predicted octanol–water partition coefficient (Wildman–Crippen LogP) is 2.71. The van der Waals surface area contributed by atoms with Gasteiger partial charge in [0.25, 0.3) is 5.91 Å². The first kappa shape index (κ1) is 16.8. The maximum atomic E-state index is 12.5. The number of rotatable bonds is 5. The lowest BCUT2D eigenvalue weighted by Gasteiger charge is -2.44. The van der Waals surface area contributed by atoms with Crippen molar-refractivity contribution in [2.24, 2.45) is 5.92 Å². The normalized spacial score (nSPS) is 24.1. The molecule has 1 N–H and O–H groups in total. The van der Waals surface area contributed by atoms with E-state index < -0.39 is 0 Å². The van der Waals surface area contributed by atoms with E-state index in [4.69, 9.17) is 9.47 Å². The molecule has 4 heterocycles. The van der Waals surface area contributed by atoms with Gasteiger partial charge in [0.1, 0.15) is 5.75 Å². The highest BCUT2D eigenvalue weighted by molar-refractivity contribution is 5.94. The van der Waals surface area contributed by atoms with Gasteiger partial charge in [-0.1, -0.05) is 6.07 Å². The van der Waals surface area contributed by atoms with Gasteiger partial charge in [-0.05, 0) is 56.1 Å². The summed E-state index contributed by atoms with van der Waals surface area (Å²) in [5.74, 6) is 2.18. The van der Waals surface area contributed by atoms with Gasteiger partial charge in [-0.2, -0.15) is 4.98 Å². The van der Waals surface area contributed by atoms with Crippen LogP contribution in [0.4, 0.5) is 0 Å². The highest BCUT2D eigenvalue weighted by Crippen LogP contribution is 2.28. The highest BCUT2D eigenvalue weighted by atomic mass is 16.5. The number of hydrogen-bond acceptors (Lipinski definition) is 5. The molecule has 1 aromatic carbocycles. The quantitative estimate of drug-likeness (QED) is 0.895. The van der Waals surface area contributed by atoms with E-state index in [9.17, 15) is 4.79 Å². The standard InChI is InChI=1S/C20H23N3O3/c1-25-18-3-2-4-19(22-18)26-16-7-5-15(6-8-16)20(24)21-17-13-23-11-9-14(17)10-12-23/h2-8,14,17H,9-13H2,1H3,(H,21,24)/t17-/m0/s1. The van der Waals surface area contributed by atoms with Crippen molar-refractivity contribution in [3.63, 3.8) is 0 Å². The molecule has 0 saturated carbocycles. The number of nitrogens with one attached hydrogen (secondary N) is 1. The van der Waals surface area contributed by atoms with Crippen LogP contribution in [0.2, 0.25) is 0 Å². The lowest BCUT2D eigenvalue weighted by atomic mass is 9.84. The van der Waals surface area contributed by atoms with E-state index in [2.05, 4.69) is 15.2 Å². The number of methoxy groups -OCH3 is 1. The van der Waals surface area contributed by atoms with E-state index in [1.54, 1.807) is 43.5 Å². The molecule has 6 heteroatoms. The van der Waals surface area contributed by atoms with Gasteiger partial charge in [0.2, 0.25) is 11.8 Å². The van der Waals surface area contributed by atoms with Crippen LogP contribution in [-0.4, -0.2) is 48.6 Å². The molecular formula is C20H23N3O3. The van der Waals surface area contributed by atoms with Crippen molar-refractivity contribution >= 4 is 5.91 Å². The number of benzene rings is 1. The number of ether oxygens (including phenoxy) is 2. The Morgan fingerprint density at radius 3 is 2.50 bits per heavy atom. The monoisotopic (exact) mass is 353 g/mol. The summed E-state index contributed by atoms with van der Waals surface area (Å²) in [4.78, 5) is 19.2. The first-order chi connectivity index (χ1) is 12.7. The fraction of sp³-hybridized carbons (Fsp3) is 0.400. The van der Waals surface area contributed by atoms with Crippen LogP contribution in [-0.2, 0) is 0 Å². The molecule has 136 valence electrons. The molecule has 2 aromatic rings. The van der Waals surface area contributed by atoms with Gasteiger partial charge >= 0.3 is 0 Å². The molecule has 6 nitrogen and oxygen atoms in total. The number of carbonyl (C=O) groups is 1. The van der Waals surface area contributed by atoms with Crippen LogP contribution in [0.25, 0.3) is 0 Å². The number of pyridine rings is 1. The minimum atomic E-state index is -0.0187. The van der Waals surface area contributed by atoms with Crippen molar-refractivity contribution < 1.29 is 14.3 Å². The molecule has 3 aliphatic rings. The molecular weight excluding hydrogens is 330 g/mol. The first-order valence-electron chi connectivity index (χ1n) is 9.03. The summed E-state index contributed by atoms with van der Waals surface area (Å²) in [5, 5.41) is 3.20. The summed E-state index contributed by atoms with van der Waals surface area (Å²) in [6.07, 6.45) is 2.37. The van der Waals surface area contributed by atoms with Crippen LogP contribution in [0.15, 0.2) is 42.5 Å². The third kappa shape index (κ3) is 3.65. The molecule has 3 fully saturated rings. The second-order valence-electron chi connectivity index (χ2n) is 6.86. The SMILES string of the molecule is COc1cccc(Oc2ccc(C(=O)N[C@H]3CN4CCC3CC4)cc2)n1. The number of hydrogen-bond donors (Lipinski definition) is 1. The van der Waals surface area contributed by atoms with Gasteiger partial charge in [-0.25, -0.2) is 0 Å². The Labute approximate surface area is 153 Å². The van der Waals surface area contributed by atoms with Gasteiger partial charge in [-0.3, -0.25) is 4.79 Å². The lowest BCUT2D eigenvalue weighted by molar-refractivity contribution is 0.0620. The van der Waals surface area contributed by atoms with Crippen molar-refractivity contribution in [2.45, 2.75) is 18.9 Å². The van der Waals surface area contributed by atoms with Gasteiger partial charge in [0, 0.05) is 30.3 Å². The Bertz CT molecular complexity index is 770. The van der Waals surface area contributed by atoms with Crippen LogP contribution < -0.4 is 14.8 Å². The topological polar surface area (TPSA) is 63.7 Å². The molecule has 26 heavy (non-hydrogen) atoms. The Morgan fingerprint density at radius 2 is 1.85 bits per heavy atom. The van der Waals surface area contributed by atoms with E-state index in [1.807, 2.05) is 6.07 Å². The highest BCUT2D eigenvalue weighted by Gasteiger charge is 2.34. The molecule has 1 aromatic heterocycles. The van der Waals surface area contributed by atoms with Crippen molar-refractivity contribution in [3.8, 4) is 17.5 Å². The third-order valence-corrected chi connectivity index (χ3v) is 5.22.